The number of rotatable bonds is 7. The molecule has 0 aliphatic carbocycles. The van der Waals surface area contributed by atoms with Crippen LogP contribution in [0.2, 0.25) is 5.02 Å². The fourth-order valence-corrected chi connectivity index (χ4v) is 3.84. The molecule has 0 fully saturated rings. The molecule has 1 aromatic carbocycles. The molecule has 0 N–H and O–H groups in total. The molecule has 0 bridgehead atoms. The van der Waals surface area contributed by atoms with E-state index in [0.717, 1.165) is 34.1 Å². The molecule has 0 aliphatic rings. The van der Waals surface area contributed by atoms with Crippen molar-refractivity contribution in [3.05, 3.63) is 81.3 Å². The van der Waals surface area contributed by atoms with Gasteiger partial charge < -0.3 is 9.47 Å². The Morgan fingerprint density at radius 3 is 2.77 bits per heavy atom. The van der Waals surface area contributed by atoms with Crippen molar-refractivity contribution in [2.75, 3.05) is 0 Å². The van der Waals surface area contributed by atoms with Gasteiger partial charge >= 0.3 is 0 Å². The zero-order valence-electron chi connectivity index (χ0n) is 15.1. The maximum atomic E-state index is 13.0. The lowest BCUT2D eigenvalue weighted by Gasteiger charge is -2.29. The lowest BCUT2D eigenvalue weighted by molar-refractivity contribution is 0.0672. The van der Waals surface area contributed by atoms with Crippen molar-refractivity contribution in [3.63, 3.8) is 0 Å². The number of amides is 1. The van der Waals surface area contributed by atoms with Crippen LogP contribution in [0, 0.1) is 0 Å². The molecule has 5 heteroatoms. The van der Waals surface area contributed by atoms with E-state index in [4.69, 9.17) is 11.6 Å². The first-order valence-corrected chi connectivity index (χ1v) is 10.1. The SMILES string of the molecule is CC[C@@H](C)N(Cc1cccn1Cc1cccc(Cl)c1)C(=O)c1cccs1. The highest BCUT2D eigenvalue weighted by molar-refractivity contribution is 7.12. The summed E-state index contributed by atoms with van der Waals surface area (Å²) >= 11 is 7.60. The number of carbonyl (C=O) groups is 1. The smallest absolute Gasteiger partial charge is 0.264 e. The topological polar surface area (TPSA) is 25.2 Å². The summed E-state index contributed by atoms with van der Waals surface area (Å²) in [7, 11) is 0. The summed E-state index contributed by atoms with van der Waals surface area (Å²) < 4.78 is 2.18. The van der Waals surface area contributed by atoms with Crippen LogP contribution >= 0.6 is 22.9 Å². The Kier molecular flexibility index (Phi) is 6.17. The quantitative estimate of drug-likeness (QED) is 0.511. The van der Waals surface area contributed by atoms with Crippen molar-refractivity contribution in [3.8, 4) is 0 Å². The van der Waals surface area contributed by atoms with E-state index in [2.05, 4.69) is 36.7 Å². The summed E-state index contributed by atoms with van der Waals surface area (Å²) in [5.41, 5.74) is 2.27. The Morgan fingerprint density at radius 2 is 2.08 bits per heavy atom. The molecular weight excluding hydrogens is 364 g/mol. The monoisotopic (exact) mass is 386 g/mol. The number of halogens is 1. The third kappa shape index (κ3) is 4.37. The minimum atomic E-state index is 0.102. The first-order valence-electron chi connectivity index (χ1n) is 8.81. The number of thiophene rings is 1. The molecule has 0 radical (unpaired) electrons. The lowest BCUT2D eigenvalue weighted by Crippen LogP contribution is -2.38. The van der Waals surface area contributed by atoms with Crippen LogP contribution in [0.4, 0.5) is 0 Å². The van der Waals surface area contributed by atoms with Gasteiger partial charge in [-0.25, -0.2) is 0 Å². The molecule has 0 spiro atoms. The average Bonchev–Trinajstić information content (AvgIpc) is 3.31. The predicted molar refractivity (Wildman–Crippen MR) is 109 cm³/mol. The van der Waals surface area contributed by atoms with Gasteiger partial charge in [-0.3, -0.25) is 4.79 Å². The van der Waals surface area contributed by atoms with E-state index in [-0.39, 0.29) is 11.9 Å². The van der Waals surface area contributed by atoms with Crippen LogP contribution in [0.25, 0.3) is 0 Å². The molecule has 0 saturated carbocycles. The first kappa shape index (κ1) is 18.7. The minimum Gasteiger partial charge on any atom is -0.345 e. The van der Waals surface area contributed by atoms with Crippen LogP contribution in [-0.2, 0) is 13.1 Å². The second-order valence-corrected chi connectivity index (χ2v) is 7.81. The van der Waals surface area contributed by atoms with Crippen molar-refractivity contribution in [1.29, 1.82) is 0 Å². The number of nitrogens with zero attached hydrogens (tertiary/aromatic N) is 2. The Bertz CT molecular complexity index is 857. The summed E-state index contributed by atoms with van der Waals surface area (Å²) in [6.07, 6.45) is 2.98. The zero-order chi connectivity index (χ0) is 18.5. The van der Waals surface area contributed by atoms with Crippen molar-refractivity contribution in [2.45, 2.75) is 39.4 Å². The molecule has 3 nitrogen and oxygen atoms in total. The molecular formula is C21H23ClN2OS. The molecule has 1 atom stereocenters. The molecule has 2 heterocycles. The van der Waals surface area contributed by atoms with E-state index in [1.807, 2.05) is 46.7 Å². The molecule has 2 aromatic heterocycles. The molecule has 0 aliphatic heterocycles. The Morgan fingerprint density at radius 1 is 1.23 bits per heavy atom. The summed E-state index contributed by atoms with van der Waals surface area (Å²) in [6, 6.07) is 16.0. The lowest BCUT2D eigenvalue weighted by atomic mass is 10.2. The van der Waals surface area contributed by atoms with Crippen LogP contribution in [0.1, 0.15) is 41.2 Å². The van der Waals surface area contributed by atoms with Crippen molar-refractivity contribution < 1.29 is 4.79 Å². The van der Waals surface area contributed by atoms with Crippen molar-refractivity contribution in [2.24, 2.45) is 0 Å². The summed E-state index contributed by atoms with van der Waals surface area (Å²) in [4.78, 5) is 15.7. The van der Waals surface area contributed by atoms with Gasteiger partial charge in [-0.1, -0.05) is 36.7 Å². The van der Waals surface area contributed by atoms with E-state index in [1.165, 1.54) is 11.3 Å². The zero-order valence-corrected chi connectivity index (χ0v) is 16.6. The minimum absolute atomic E-state index is 0.102. The van der Waals surface area contributed by atoms with Gasteiger partial charge in [-0.2, -0.15) is 0 Å². The Hall–Kier alpha value is -2.04. The predicted octanol–water partition coefficient (Wildman–Crippen LogP) is 5.69. The fraction of sp³-hybridized carbons (Fsp3) is 0.286. The Balaban J connectivity index is 1.81. The van der Waals surface area contributed by atoms with Gasteiger partial charge in [0.15, 0.2) is 0 Å². The third-order valence-corrected chi connectivity index (χ3v) is 5.71. The highest BCUT2D eigenvalue weighted by atomic mass is 35.5. The van der Waals surface area contributed by atoms with Crippen LogP contribution in [-0.4, -0.2) is 21.4 Å². The van der Waals surface area contributed by atoms with E-state index >= 15 is 0 Å². The van der Waals surface area contributed by atoms with Crippen LogP contribution in [0.15, 0.2) is 60.1 Å². The van der Waals surface area contributed by atoms with Gasteiger partial charge in [-0.05, 0) is 54.6 Å². The van der Waals surface area contributed by atoms with Gasteiger partial charge in [0.05, 0.1) is 11.4 Å². The summed E-state index contributed by atoms with van der Waals surface area (Å²) in [5.74, 6) is 0.102. The van der Waals surface area contributed by atoms with Gasteiger partial charge in [-0.15, -0.1) is 11.3 Å². The second kappa shape index (κ2) is 8.56. The van der Waals surface area contributed by atoms with E-state index in [0.29, 0.717) is 6.54 Å². The van der Waals surface area contributed by atoms with E-state index in [9.17, 15) is 4.79 Å². The number of carbonyl (C=O) groups excluding carboxylic acids is 1. The van der Waals surface area contributed by atoms with E-state index < -0.39 is 0 Å². The Labute approximate surface area is 163 Å². The molecule has 0 unspecified atom stereocenters. The number of hydrogen-bond acceptors (Lipinski definition) is 2. The summed E-state index contributed by atoms with van der Waals surface area (Å²) in [6.45, 7) is 5.56. The van der Waals surface area contributed by atoms with Gasteiger partial charge in [0.25, 0.3) is 5.91 Å². The fourth-order valence-electron chi connectivity index (χ4n) is 2.94. The highest BCUT2D eigenvalue weighted by Crippen LogP contribution is 2.20. The molecule has 0 saturated heterocycles. The largest absolute Gasteiger partial charge is 0.345 e. The maximum Gasteiger partial charge on any atom is 0.264 e. The summed E-state index contributed by atoms with van der Waals surface area (Å²) in [5, 5.41) is 2.69. The number of hydrogen-bond donors (Lipinski definition) is 0. The maximum absolute atomic E-state index is 13.0. The van der Waals surface area contributed by atoms with Crippen molar-refractivity contribution >= 4 is 28.8 Å². The van der Waals surface area contributed by atoms with Gasteiger partial charge in [0.1, 0.15) is 0 Å². The molecule has 26 heavy (non-hydrogen) atoms. The number of aromatic nitrogens is 1. The first-order chi connectivity index (χ1) is 12.6. The van der Waals surface area contributed by atoms with Crippen LogP contribution in [0.3, 0.4) is 0 Å². The van der Waals surface area contributed by atoms with Crippen LogP contribution in [0.5, 0.6) is 0 Å². The molecule has 3 rings (SSSR count). The van der Waals surface area contributed by atoms with Gasteiger partial charge in [0, 0.05) is 29.5 Å². The molecule has 1 amide bonds. The molecule has 3 aromatic rings. The standard InChI is InChI=1S/C21H23ClN2OS/c1-3-16(2)24(21(25)20-10-6-12-26-20)15-19-9-5-11-23(19)14-17-7-4-8-18(22)13-17/h4-13,16H,3,14-15H2,1-2H3/t16-/m1/s1. The highest BCUT2D eigenvalue weighted by Gasteiger charge is 2.22. The van der Waals surface area contributed by atoms with E-state index in [1.54, 1.807) is 0 Å². The second-order valence-electron chi connectivity index (χ2n) is 6.42. The van der Waals surface area contributed by atoms with Crippen LogP contribution < -0.4 is 0 Å². The molecule has 136 valence electrons. The average molecular weight is 387 g/mol. The third-order valence-electron chi connectivity index (χ3n) is 4.61. The van der Waals surface area contributed by atoms with Gasteiger partial charge in [0.2, 0.25) is 0 Å². The normalized spacial score (nSPS) is 12.1. The van der Waals surface area contributed by atoms with Crippen molar-refractivity contribution in [1.82, 2.24) is 9.47 Å². The number of benzene rings is 1.